The van der Waals surface area contributed by atoms with Gasteiger partial charge in [-0.25, -0.2) is 0 Å². The summed E-state index contributed by atoms with van der Waals surface area (Å²) in [6.45, 7) is 8.17. The summed E-state index contributed by atoms with van der Waals surface area (Å²) in [6.07, 6.45) is 1.42. The molecule has 0 aliphatic heterocycles. The molecule has 0 N–H and O–H groups in total. The summed E-state index contributed by atoms with van der Waals surface area (Å²) in [7, 11) is 0. The summed E-state index contributed by atoms with van der Waals surface area (Å²) in [5.74, 6) is 0.739. The Morgan fingerprint density at radius 3 is 2.36 bits per heavy atom. The molecule has 0 amide bonds. The topological polar surface area (TPSA) is 35.5 Å². The van der Waals surface area contributed by atoms with Crippen LogP contribution in [0.15, 0.2) is 11.8 Å². The third-order valence-electron chi connectivity index (χ3n) is 1.81. The van der Waals surface area contributed by atoms with Crippen molar-refractivity contribution >= 4 is 30.6 Å². The third kappa shape index (κ3) is 5.05. The number of carbonyl (C=O) groups excluding carboxylic acids is 1. The fourth-order valence-electron chi connectivity index (χ4n) is 0.886. The van der Waals surface area contributed by atoms with Gasteiger partial charge in [0.1, 0.15) is 0 Å². The molecule has 0 bridgehead atoms. The molecule has 0 fully saturated rings. The van der Waals surface area contributed by atoms with Crippen LogP contribution >= 0.6 is 0 Å². The summed E-state index contributed by atoms with van der Waals surface area (Å²) < 4.78 is 10.6. The van der Waals surface area contributed by atoms with E-state index in [4.69, 9.17) is 7.59 Å². The van der Waals surface area contributed by atoms with E-state index in [1.807, 2.05) is 27.7 Å². The van der Waals surface area contributed by atoms with Crippen molar-refractivity contribution in [3.8, 4) is 0 Å². The molecule has 0 aromatic rings. The molecule has 0 aromatic carbocycles. The van der Waals surface area contributed by atoms with Gasteiger partial charge in [-0.3, -0.25) is 0 Å². The molecule has 0 saturated carbocycles. The van der Waals surface area contributed by atoms with Gasteiger partial charge in [-0.05, 0) is 0 Å². The molecule has 0 rings (SSSR count). The zero-order chi connectivity index (χ0) is 11.1. The van der Waals surface area contributed by atoms with Crippen LogP contribution in [0, 0.1) is 5.92 Å². The monoisotopic (exact) mass is 300 g/mol. The minimum absolute atomic E-state index is 0.00887. The predicted molar refractivity (Wildman–Crippen MR) is 55.9 cm³/mol. The van der Waals surface area contributed by atoms with Crippen molar-refractivity contribution in [2.24, 2.45) is 5.92 Å². The van der Waals surface area contributed by atoms with Crippen molar-refractivity contribution in [1.29, 1.82) is 0 Å². The van der Waals surface area contributed by atoms with Gasteiger partial charge in [-0.15, -0.1) is 0 Å². The van der Waals surface area contributed by atoms with Gasteiger partial charge in [-0.2, -0.15) is 0 Å². The van der Waals surface area contributed by atoms with Crippen molar-refractivity contribution in [2.45, 2.75) is 33.8 Å². The van der Waals surface area contributed by atoms with E-state index in [1.165, 1.54) is 0 Å². The average Bonchev–Trinajstić information content (AvgIpc) is 2.13. The standard InChI is InChI=1S/C10H18O3.In/c1-5-13-8(4)10(12)6-9(11)7(2)3;/h6-8,12H,5H2,1-4H3;/q;+1/p-1/b10-6-;. The summed E-state index contributed by atoms with van der Waals surface area (Å²) in [6, 6.07) is 0. The average molecular weight is 300 g/mol. The molecule has 0 saturated heterocycles. The van der Waals surface area contributed by atoms with Crippen LogP contribution in [-0.2, 0) is 12.4 Å². The zero-order valence-corrected chi connectivity index (χ0v) is 12.5. The Morgan fingerprint density at radius 2 is 2.00 bits per heavy atom. The van der Waals surface area contributed by atoms with Crippen LogP contribution in [0.1, 0.15) is 27.7 Å². The van der Waals surface area contributed by atoms with E-state index in [2.05, 4.69) is 0 Å². The summed E-state index contributed by atoms with van der Waals surface area (Å²) in [5.41, 5.74) is 0. The number of carbonyl (C=O) groups is 1. The van der Waals surface area contributed by atoms with E-state index >= 15 is 0 Å². The first kappa shape index (κ1) is 14.0. The molecule has 1 unspecified atom stereocenters. The van der Waals surface area contributed by atoms with Gasteiger partial charge < -0.3 is 0 Å². The molecule has 14 heavy (non-hydrogen) atoms. The van der Waals surface area contributed by atoms with Gasteiger partial charge in [0.2, 0.25) is 0 Å². The number of rotatable bonds is 6. The van der Waals surface area contributed by atoms with Crippen molar-refractivity contribution in [3.63, 3.8) is 0 Å². The minimum atomic E-state index is -0.127. The van der Waals surface area contributed by atoms with Crippen LogP contribution in [0.5, 0.6) is 0 Å². The Hall–Kier alpha value is 0.0401. The molecular formula is C10H17InO3. The van der Waals surface area contributed by atoms with Gasteiger partial charge >= 0.3 is 101 Å². The third-order valence-corrected chi connectivity index (χ3v) is 2.58. The van der Waals surface area contributed by atoms with Crippen LogP contribution in [-0.4, -0.2) is 43.3 Å². The zero-order valence-electron chi connectivity index (χ0n) is 9.24. The van der Waals surface area contributed by atoms with Crippen molar-refractivity contribution in [3.05, 3.63) is 11.8 Å². The molecule has 0 spiro atoms. The van der Waals surface area contributed by atoms with Crippen LogP contribution in [0.2, 0.25) is 0 Å². The molecule has 3 nitrogen and oxygen atoms in total. The normalized spacial score (nSPS) is 14.2. The Kier molecular flexibility index (Phi) is 7.37. The van der Waals surface area contributed by atoms with Gasteiger partial charge in [0, 0.05) is 0 Å². The van der Waals surface area contributed by atoms with Crippen molar-refractivity contribution in [2.75, 3.05) is 6.61 Å². The summed E-state index contributed by atoms with van der Waals surface area (Å²) in [5, 5.41) is 0. The molecule has 78 valence electrons. The van der Waals surface area contributed by atoms with Crippen LogP contribution in [0.25, 0.3) is 0 Å². The Bertz CT molecular complexity index is 211. The maximum atomic E-state index is 11.4. The molecule has 0 aliphatic rings. The van der Waals surface area contributed by atoms with E-state index in [-0.39, 0.29) is 17.8 Å². The summed E-state index contributed by atoms with van der Waals surface area (Å²) >= 11 is 0.640. The number of allylic oxidation sites excluding steroid dienone is 1. The van der Waals surface area contributed by atoms with Crippen molar-refractivity contribution < 1.29 is 12.4 Å². The fourth-order valence-corrected chi connectivity index (χ4v) is 1.63. The molecule has 0 heterocycles. The Morgan fingerprint density at radius 1 is 1.43 bits per heavy atom. The first-order chi connectivity index (χ1) is 6.52. The maximum absolute atomic E-state index is 11.4. The predicted octanol–water partition coefficient (Wildman–Crippen LogP) is 1.62. The van der Waals surface area contributed by atoms with E-state index < -0.39 is 0 Å². The molecule has 0 aliphatic carbocycles. The van der Waals surface area contributed by atoms with Gasteiger partial charge in [0.05, 0.1) is 0 Å². The first-order valence-corrected chi connectivity index (χ1v) is 6.11. The first-order valence-electron chi connectivity index (χ1n) is 4.76. The molecule has 0 aromatic heterocycles. The quantitative estimate of drug-likeness (QED) is 0.552. The molecule has 2 radical (unpaired) electrons. The van der Waals surface area contributed by atoms with Crippen LogP contribution in [0.3, 0.4) is 0 Å². The van der Waals surface area contributed by atoms with Crippen molar-refractivity contribution in [1.82, 2.24) is 0 Å². The SMILES string of the molecule is CCOC(C)/C(=C/C(=O)C(C)C)[O][In]. The van der Waals surface area contributed by atoms with Gasteiger partial charge in [0.25, 0.3) is 0 Å². The van der Waals surface area contributed by atoms with Gasteiger partial charge in [0.15, 0.2) is 0 Å². The number of ether oxygens (including phenoxy) is 1. The van der Waals surface area contributed by atoms with E-state index in [9.17, 15) is 4.79 Å². The van der Waals surface area contributed by atoms with E-state index in [0.717, 1.165) is 0 Å². The van der Waals surface area contributed by atoms with E-state index in [1.54, 1.807) is 6.08 Å². The number of hydrogen-bond acceptors (Lipinski definition) is 3. The summed E-state index contributed by atoms with van der Waals surface area (Å²) in [4.78, 5) is 11.4. The Balaban J connectivity index is 4.45. The second-order valence-corrected chi connectivity index (χ2v) is 3.99. The van der Waals surface area contributed by atoms with Crippen LogP contribution < -0.4 is 0 Å². The van der Waals surface area contributed by atoms with E-state index in [0.29, 0.717) is 37.2 Å². The van der Waals surface area contributed by atoms with Crippen LogP contribution in [0.4, 0.5) is 0 Å². The van der Waals surface area contributed by atoms with Gasteiger partial charge in [-0.1, -0.05) is 0 Å². The fraction of sp³-hybridized carbons (Fsp3) is 0.700. The molecule has 4 heteroatoms. The molecule has 1 atom stereocenters. The number of hydrogen-bond donors (Lipinski definition) is 0. The second-order valence-electron chi connectivity index (χ2n) is 3.32. The molecular weight excluding hydrogens is 283 g/mol. The number of ketones is 1. The second kappa shape index (κ2) is 7.35. The Labute approximate surface area is 101 Å².